The number of hydrogen-bond acceptors (Lipinski definition) is 4. The Bertz CT molecular complexity index is 1360. The molecule has 1 N–H and O–H groups in total. The molecular formula is C27H23BrCl2N2O4. The van der Waals surface area contributed by atoms with Gasteiger partial charge in [-0.15, -0.1) is 0 Å². The summed E-state index contributed by atoms with van der Waals surface area (Å²) in [4.78, 5) is 26.7. The van der Waals surface area contributed by atoms with E-state index >= 15 is 0 Å². The normalized spacial score (nSPS) is 14.4. The van der Waals surface area contributed by atoms with Crippen molar-refractivity contribution >= 4 is 57.1 Å². The largest absolute Gasteiger partial charge is 0.490 e. The number of benzene rings is 3. The molecule has 1 heterocycles. The fraction of sp³-hybridized carbons (Fsp3) is 0.185. The van der Waals surface area contributed by atoms with Crippen molar-refractivity contribution in [1.82, 2.24) is 10.2 Å². The Hall–Kier alpha value is -3.00. The third kappa shape index (κ3) is 6.03. The summed E-state index contributed by atoms with van der Waals surface area (Å²) in [6.45, 7) is 4.63. The van der Waals surface area contributed by atoms with Gasteiger partial charge in [0.05, 0.1) is 17.6 Å². The molecule has 0 spiro atoms. The summed E-state index contributed by atoms with van der Waals surface area (Å²) in [7, 11) is 0. The molecular weight excluding hydrogens is 567 g/mol. The van der Waals surface area contributed by atoms with Crippen LogP contribution in [0.2, 0.25) is 10.0 Å². The van der Waals surface area contributed by atoms with Gasteiger partial charge < -0.3 is 14.8 Å². The lowest BCUT2D eigenvalue weighted by Crippen LogP contribution is -2.30. The monoisotopic (exact) mass is 588 g/mol. The average Bonchev–Trinajstić information content (AvgIpc) is 3.07. The van der Waals surface area contributed by atoms with Gasteiger partial charge in [-0.25, -0.2) is 4.79 Å². The SMILES string of the molecule is CCOc1cc(/C=C2/NC(=O)N(Cc3cccc(C)c3)C2=O)cc(Br)c1OCc1ccc(Cl)cc1Cl. The number of amides is 3. The third-order valence-electron chi connectivity index (χ3n) is 5.42. The third-order valence-corrected chi connectivity index (χ3v) is 6.59. The highest BCUT2D eigenvalue weighted by molar-refractivity contribution is 9.10. The van der Waals surface area contributed by atoms with E-state index in [2.05, 4.69) is 21.2 Å². The quantitative estimate of drug-likeness (QED) is 0.224. The minimum Gasteiger partial charge on any atom is -0.490 e. The van der Waals surface area contributed by atoms with Gasteiger partial charge in [0, 0.05) is 15.6 Å². The summed E-state index contributed by atoms with van der Waals surface area (Å²) < 4.78 is 12.4. The van der Waals surface area contributed by atoms with Gasteiger partial charge in [-0.05, 0) is 71.2 Å². The van der Waals surface area contributed by atoms with E-state index in [4.69, 9.17) is 32.7 Å². The Balaban J connectivity index is 1.56. The topological polar surface area (TPSA) is 67.9 Å². The molecule has 36 heavy (non-hydrogen) atoms. The number of aryl methyl sites for hydroxylation is 1. The Labute approximate surface area is 227 Å². The van der Waals surface area contributed by atoms with E-state index in [1.54, 1.807) is 36.4 Å². The fourth-order valence-corrected chi connectivity index (χ4v) is 4.78. The van der Waals surface area contributed by atoms with Crippen LogP contribution in [-0.4, -0.2) is 23.4 Å². The second-order valence-electron chi connectivity index (χ2n) is 8.16. The van der Waals surface area contributed by atoms with E-state index in [-0.39, 0.29) is 18.8 Å². The lowest BCUT2D eigenvalue weighted by Gasteiger charge is -2.15. The molecule has 1 fully saturated rings. The summed E-state index contributed by atoms with van der Waals surface area (Å²) in [5.41, 5.74) is 3.55. The molecule has 0 bridgehead atoms. The van der Waals surface area contributed by atoms with E-state index in [0.29, 0.717) is 38.2 Å². The summed E-state index contributed by atoms with van der Waals surface area (Å²) >= 11 is 15.8. The van der Waals surface area contributed by atoms with E-state index in [1.807, 2.05) is 38.1 Å². The number of carbonyl (C=O) groups excluding carboxylic acids is 2. The average molecular weight is 590 g/mol. The molecule has 1 aliphatic heterocycles. The first kappa shape index (κ1) is 26.1. The lowest BCUT2D eigenvalue weighted by atomic mass is 10.1. The zero-order valence-corrected chi connectivity index (χ0v) is 22.7. The minimum atomic E-state index is -0.461. The van der Waals surface area contributed by atoms with E-state index in [0.717, 1.165) is 16.7 Å². The molecule has 3 aromatic rings. The molecule has 3 amide bonds. The fourth-order valence-electron chi connectivity index (χ4n) is 3.74. The van der Waals surface area contributed by atoms with E-state index in [1.165, 1.54) is 4.90 Å². The Morgan fingerprint density at radius 2 is 1.86 bits per heavy atom. The number of nitrogens with one attached hydrogen (secondary N) is 1. The van der Waals surface area contributed by atoms with Crippen LogP contribution in [-0.2, 0) is 17.9 Å². The predicted molar refractivity (Wildman–Crippen MR) is 144 cm³/mol. The minimum absolute atomic E-state index is 0.184. The molecule has 3 aromatic carbocycles. The summed E-state index contributed by atoms with van der Waals surface area (Å²) in [6.07, 6.45) is 1.61. The van der Waals surface area contributed by atoms with Crippen LogP contribution in [0.3, 0.4) is 0 Å². The first-order valence-corrected chi connectivity index (χ1v) is 12.7. The summed E-state index contributed by atoms with van der Waals surface area (Å²) in [6, 6.07) is 16.0. The molecule has 0 unspecified atom stereocenters. The molecule has 9 heteroatoms. The molecule has 6 nitrogen and oxygen atoms in total. The van der Waals surface area contributed by atoms with Gasteiger partial charge in [0.1, 0.15) is 12.3 Å². The molecule has 0 aliphatic carbocycles. The molecule has 0 aromatic heterocycles. The molecule has 0 saturated carbocycles. The van der Waals surface area contributed by atoms with Crippen molar-refractivity contribution in [2.45, 2.75) is 27.0 Å². The molecule has 4 rings (SSSR count). The van der Waals surface area contributed by atoms with Crippen LogP contribution in [0.25, 0.3) is 6.08 Å². The van der Waals surface area contributed by atoms with Crippen molar-refractivity contribution in [2.24, 2.45) is 0 Å². The van der Waals surface area contributed by atoms with Crippen molar-refractivity contribution < 1.29 is 19.1 Å². The van der Waals surface area contributed by atoms with Gasteiger partial charge in [0.15, 0.2) is 11.5 Å². The van der Waals surface area contributed by atoms with Crippen LogP contribution in [0, 0.1) is 6.92 Å². The van der Waals surface area contributed by atoms with Gasteiger partial charge in [-0.1, -0.05) is 59.1 Å². The van der Waals surface area contributed by atoms with Gasteiger partial charge in [-0.2, -0.15) is 0 Å². The van der Waals surface area contributed by atoms with Crippen LogP contribution < -0.4 is 14.8 Å². The summed E-state index contributed by atoms with van der Waals surface area (Å²) in [5.74, 6) is 0.582. The van der Waals surface area contributed by atoms with Crippen LogP contribution in [0.15, 0.2) is 64.8 Å². The number of halogens is 3. The molecule has 0 radical (unpaired) electrons. The zero-order valence-electron chi connectivity index (χ0n) is 19.6. The standard InChI is InChI=1S/C27H23BrCl2N2O4/c1-3-35-24-12-18(10-21(28)25(24)36-15-19-7-8-20(29)13-22(19)30)11-23-26(33)32(27(34)31-23)14-17-6-4-5-16(2)9-17/h4-13H,3,14-15H2,1-2H3,(H,31,34)/b23-11+. The van der Waals surface area contributed by atoms with E-state index in [9.17, 15) is 9.59 Å². The zero-order chi connectivity index (χ0) is 25.8. The second-order valence-corrected chi connectivity index (χ2v) is 9.85. The van der Waals surface area contributed by atoms with Crippen molar-refractivity contribution in [3.05, 3.63) is 97.1 Å². The maximum atomic E-state index is 13.0. The number of imide groups is 1. The van der Waals surface area contributed by atoms with Crippen molar-refractivity contribution in [3.63, 3.8) is 0 Å². The number of nitrogens with zero attached hydrogens (tertiary/aromatic N) is 1. The van der Waals surface area contributed by atoms with Crippen LogP contribution >= 0.6 is 39.1 Å². The maximum Gasteiger partial charge on any atom is 0.329 e. The number of ether oxygens (including phenoxy) is 2. The summed E-state index contributed by atoms with van der Waals surface area (Å²) in [5, 5.41) is 3.71. The number of urea groups is 1. The van der Waals surface area contributed by atoms with Gasteiger partial charge >= 0.3 is 6.03 Å². The molecule has 1 saturated heterocycles. The van der Waals surface area contributed by atoms with Gasteiger partial charge in [0.2, 0.25) is 0 Å². The number of hydrogen-bond donors (Lipinski definition) is 1. The van der Waals surface area contributed by atoms with Crippen molar-refractivity contribution in [1.29, 1.82) is 0 Å². The van der Waals surface area contributed by atoms with Crippen molar-refractivity contribution in [2.75, 3.05) is 6.61 Å². The van der Waals surface area contributed by atoms with Crippen LogP contribution in [0.5, 0.6) is 11.5 Å². The van der Waals surface area contributed by atoms with E-state index < -0.39 is 11.9 Å². The molecule has 1 aliphatic rings. The Morgan fingerprint density at radius 1 is 1.06 bits per heavy atom. The van der Waals surface area contributed by atoms with Gasteiger partial charge in [-0.3, -0.25) is 9.69 Å². The second kappa shape index (κ2) is 11.4. The van der Waals surface area contributed by atoms with Crippen LogP contribution in [0.1, 0.15) is 29.2 Å². The number of rotatable bonds is 8. The molecule has 0 atom stereocenters. The highest BCUT2D eigenvalue weighted by atomic mass is 79.9. The Kier molecular flexibility index (Phi) is 8.24. The number of carbonyl (C=O) groups is 2. The smallest absolute Gasteiger partial charge is 0.329 e. The van der Waals surface area contributed by atoms with Crippen LogP contribution in [0.4, 0.5) is 4.79 Å². The maximum absolute atomic E-state index is 13.0. The Morgan fingerprint density at radius 3 is 2.58 bits per heavy atom. The highest BCUT2D eigenvalue weighted by Crippen LogP contribution is 2.38. The molecule has 186 valence electrons. The highest BCUT2D eigenvalue weighted by Gasteiger charge is 2.33. The first-order chi connectivity index (χ1) is 17.2. The first-order valence-electron chi connectivity index (χ1n) is 11.2. The lowest BCUT2D eigenvalue weighted by molar-refractivity contribution is -0.123. The van der Waals surface area contributed by atoms with Gasteiger partial charge in [0.25, 0.3) is 5.91 Å². The predicted octanol–water partition coefficient (Wildman–Crippen LogP) is 7.13. The van der Waals surface area contributed by atoms with Crippen molar-refractivity contribution in [3.8, 4) is 11.5 Å².